The molecule has 1 aromatic rings. The SMILES string of the molecule is C/N=C(\C=C(\C)N)Oc1ccc(N)c(C(F)(F)F)c1. The highest BCUT2D eigenvalue weighted by atomic mass is 19.4. The van der Waals surface area contributed by atoms with E-state index in [4.69, 9.17) is 16.2 Å². The molecule has 0 fully saturated rings. The van der Waals surface area contributed by atoms with Crippen LogP contribution in [0.25, 0.3) is 0 Å². The van der Waals surface area contributed by atoms with Crippen molar-refractivity contribution in [3.63, 3.8) is 0 Å². The van der Waals surface area contributed by atoms with E-state index in [9.17, 15) is 13.2 Å². The van der Waals surface area contributed by atoms with Crippen molar-refractivity contribution < 1.29 is 17.9 Å². The predicted molar refractivity (Wildman–Crippen MR) is 67.8 cm³/mol. The van der Waals surface area contributed by atoms with Crippen molar-refractivity contribution in [1.82, 2.24) is 0 Å². The second-order valence-electron chi connectivity index (χ2n) is 3.80. The number of nitrogen functional groups attached to an aromatic ring is 1. The standard InChI is InChI=1S/C12H14F3N3O/c1-7(16)5-11(18-2)19-8-3-4-10(17)9(6-8)12(13,14)15/h3-6H,16-17H2,1-2H3/b7-5-,18-11+. The number of alkyl halides is 3. The summed E-state index contributed by atoms with van der Waals surface area (Å²) >= 11 is 0. The minimum Gasteiger partial charge on any atom is -0.439 e. The summed E-state index contributed by atoms with van der Waals surface area (Å²) in [7, 11) is 1.44. The van der Waals surface area contributed by atoms with Gasteiger partial charge in [0.15, 0.2) is 0 Å². The Hall–Kier alpha value is -2.18. The zero-order valence-electron chi connectivity index (χ0n) is 10.5. The molecule has 19 heavy (non-hydrogen) atoms. The van der Waals surface area contributed by atoms with Gasteiger partial charge in [0.05, 0.1) is 5.56 Å². The molecule has 0 amide bonds. The molecule has 104 valence electrons. The smallest absolute Gasteiger partial charge is 0.418 e. The van der Waals surface area contributed by atoms with Gasteiger partial charge in [-0.1, -0.05) is 0 Å². The van der Waals surface area contributed by atoms with Gasteiger partial charge in [0.25, 0.3) is 0 Å². The Labute approximate surface area is 108 Å². The lowest BCUT2D eigenvalue weighted by molar-refractivity contribution is -0.137. The van der Waals surface area contributed by atoms with Gasteiger partial charge in [0.2, 0.25) is 5.90 Å². The van der Waals surface area contributed by atoms with Crippen molar-refractivity contribution in [2.45, 2.75) is 13.1 Å². The van der Waals surface area contributed by atoms with Crippen LogP contribution in [0.3, 0.4) is 0 Å². The van der Waals surface area contributed by atoms with Crippen molar-refractivity contribution in [2.24, 2.45) is 10.7 Å². The quantitative estimate of drug-likeness (QED) is 0.494. The second kappa shape index (κ2) is 5.64. The minimum absolute atomic E-state index is 0.0142. The number of nitrogens with zero attached hydrogens (tertiary/aromatic N) is 1. The van der Waals surface area contributed by atoms with Gasteiger partial charge in [0, 0.05) is 24.5 Å². The number of hydrogen-bond donors (Lipinski definition) is 2. The second-order valence-corrected chi connectivity index (χ2v) is 3.80. The van der Waals surface area contributed by atoms with E-state index in [1.807, 2.05) is 0 Å². The minimum atomic E-state index is -4.54. The number of ether oxygens (including phenoxy) is 1. The third-order valence-corrected chi connectivity index (χ3v) is 2.12. The van der Waals surface area contributed by atoms with E-state index in [2.05, 4.69) is 4.99 Å². The molecular weight excluding hydrogens is 259 g/mol. The first kappa shape index (κ1) is 14.9. The molecule has 0 radical (unpaired) electrons. The van der Waals surface area contributed by atoms with Crippen LogP contribution in [0, 0.1) is 0 Å². The number of nitrogens with two attached hydrogens (primary N) is 2. The fourth-order valence-corrected chi connectivity index (χ4v) is 1.30. The highest BCUT2D eigenvalue weighted by Gasteiger charge is 2.33. The van der Waals surface area contributed by atoms with Gasteiger partial charge in [0.1, 0.15) is 5.75 Å². The summed E-state index contributed by atoms with van der Waals surface area (Å²) in [6, 6.07) is 3.28. The molecule has 0 aliphatic heterocycles. The van der Waals surface area contributed by atoms with Gasteiger partial charge in [-0.2, -0.15) is 13.2 Å². The predicted octanol–water partition coefficient (Wildman–Crippen LogP) is 2.56. The molecule has 0 aliphatic carbocycles. The van der Waals surface area contributed by atoms with E-state index in [1.54, 1.807) is 6.92 Å². The first-order chi connectivity index (χ1) is 8.74. The summed E-state index contributed by atoms with van der Waals surface area (Å²) in [6.45, 7) is 1.61. The van der Waals surface area contributed by atoms with Gasteiger partial charge in [-0.05, 0) is 25.1 Å². The zero-order chi connectivity index (χ0) is 14.6. The number of allylic oxidation sites excluding steroid dienone is 1. The number of benzene rings is 1. The van der Waals surface area contributed by atoms with Gasteiger partial charge in [-0.25, -0.2) is 0 Å². The van der Waals surface area contributed by atoms with Crippen LogP contribution in [-0.4, -0.2) is 12.9 Å². The Morgan fingerprint density at radius 2 is 2.00 bits per heavy atom. The molecule has 0 bridgehead atoms. The zero-order valence-corrected chi connectivity index (χ0v) is 10.5. The Balaban J connectivity index is 3.07. The Kier molecular flexibility index (Phi) is 4.42. The lowest BCUT2D eigenvalue weighted by atomic mass is 10.1. The maximum absolute atomic E-state index is 12.7. The Bertz CT molecular complexity index is 517. The molecule has 0 atom stereocenters. The third kappa shape index (κ3) is 4.20. The van der Waals surface area contributed by atoms with E-state index in [-0.39, 0.29) is 17.3 Å². The molecule has 0 saturated carbocycles. The molecule has 1 rings (SSSR count). The molecule has 4 N–H and O–H groups in total. The topological polar surface area (TPSA) is 73.6 Å². The van der Waals surface area contributed by atoms with Crippen molar-refractivity contribution in [3.8, 4) is 5.75 Å². The average Bonchev–Trinajstić information content (AvgIpc) is 2.28. The molecule has 0 spiro atoms. The summed E-state index contributed by atoms with van der Waals surface area (Å²) in [5.41, 5.74) is 9.84. The van der Waals surface area contributed by atoms with Gasteiger partial charge in [-0.3, -0.25) is 4.99 Å². The first-order valence-corrected chi connectivity index (χ1v) is 5.29. The van der Waals surface area contributed by atoms with Crippen LogP contribution >= 0.6 is 0 Å². The summed E-state index contributed by atoms with van der Waals surface area (Å²) in [5, 5.41) is 0. The highest BCUT2D eigenvalue weighted by molar-refractivity contribution is 5.90. The number of rotatable bonds is 2. The molecular formula is C12H14F3N3O. The maximum atomic E-state index is 12.7. The van der Waals surface area contributed by atoms with Crippen LogP contribution in [0.2, 0.25) is 0 Å². The number of aliphatic imine (C=N–C) groups is 1. The molecule has 0 heterocycles. The normalized spacial score (nSPS) is 13.5. The van der Waals surface area contributed by atoms with Gasteiger partial charge >= 0.3 is 6.18 Å². The molecule has 4 nitrogen and oxygen atoms in total. The summed E-state index contributed by atoms with van der Waals surface area (Å²) in [6.07, 6.45) is -3.13. The molecule has 0 saturated heterocycles. The number of halogens is 3. The first-order valence-electron chi connectivity index (χ1n) is 5.29. The van der Waals surface area contributed by atoms with E-state index < -0.39 is 11.7 Å². The Morgan fingerprint density at radius 3 is 2.47 bits per heavy atom. The lowest BCUT2D eigenvalue weighted by Crippen LogP contribution is -2.11. The van der Waals surface area contributed by atoms with Crippen LogP contribution in [-0.2, 0) is 6.18 Å². The number of anilines is 1. The van der Waals surface area contributed by atoms with E-state index in [0.717, 1.165) is 12.1 Å². The Morgan fingerprint density at radius 1 is 1.37 bits per heavy atom. The summed E-state index contributed by atoms with van der Waals surface area (Å²) in [4.78, 5) is 3.76. The fourth-order valence-electron chi connectivity index (χ4n) is 1.30. The highest BCUT2D eigenvalue weighted by Crippen LogP contribution is 2.35. The van der Waals surface area contributed by atoms with Crippen LogP contribution in [0.15, 0.2) is 35.0 Å². The summed E-state index contributed by atoms with van der Waals surface area (Å²) in [5.74, 6) is 0.0949. The van der Waals surface area contributed by atoms with Crippen LogP contribution in [0.4, 0.5) is 18.9 Å². The van der Waals surface area contributed by atoms with Crippen LogP contribution in [0.5, 0.6) is 5.75 Å². The largest absolute Gasteiger partial charge is 0.439 e. The lowest BCUT2D eigenvalue weighted by Gasteiger charge is -2.12. The van der Waals surface area contributed by atoms with Crippen molar-refractivity contribution in [3.05, 3.63) is 35.5 Å². The average molecular weight is 273 g/mol. The molecule has 0 aromatic heterocycles. The van der Waals surface area contributed by atoms with Crippen LogP contribution < -0.4 is 16.2 Å². The molecule has 1 aromatic carbocycles. The van der Waals surface area contributed by atoms with Gasteiger partial charge < -0.3 is 16.2 Å². The van der Waals surface area contributed by atoms with E-state index in [0.29, 0.717) is 5.70 Å². The molecule has 7 heteroatoms. The van der Waals surface area contributed by atoms with Crippen molar-refractivity contribution in [1.29, 1.82) is 0 Å². The molecule has 0 unspecified atom stereocenters. The monoisotopic (exact) mass is 273 g/mol. The molecule has 0 aliphatic rings. The van der Waals surface area contributed by atoms with Crippen molar-refractivity contribution >= 4 is 11.6 Å². The maximum Gasteiger partial charge on any atom is 0.418 e. The summed E-state index contributed by atoms with van der Waals surface area (Å²) < 4.78 is 43.2. The number of hydrogen-bond acceptors (Lipinski definition) is 4. The van der Waals surface area contributed by atoms with E-state index in [1.165, 1.54) is 19.2 Å². The van der Waals surface area contributed by atoms with Crippen molar-refractivity contribution in [2.75, 3.05) is 12.8 Å². The van der Waals surface area contributed by atoms with Crippen LogP contribution in [0.1, 0.15) is 12.5 Å². The third-order valence-electron chi connectivity index (χ3n) is 2.12. The van der Waals surface area contributed by atoms with E-state index >= 15 is 0 Å². The van der Waals surface area contributed by atoms with Gasteiger partial charge in [-0.15, -0.1) is 0 Å². The fraction of sp³-hybridized carbons (Fsp3) is 0.250.